The van der Waals surface area contributed by atoms with Crippen molar-refractivity contribution in [2.45, 2.75) is 71.4 Å². The number of imide groups is 1. The normalized spacial score (nSPS) is 32.8. The molecule has 1 N–H and O–H groups in total. The molecule has 4 unspecified atom stereocenters. The molecule has 0 aromatic heterocycles. The van der Waals surface area contributed by atoms with E-state index in [1.165, 1.54) is 30.6 Å². The van der Waals surface area contributed by atoms with Crippen LogP contribution in [-0.2, 0) is 9.59 Å². The van der Waals surface area contributed by atoms with Crippen LogP contribution in [-0.4, -0.2) is 35.3 Å². The number of rotatable bonds is 5. The summed E-state index contributed by atoms with van der Waals surface area (Å²) in [6, 6.07) is -0.259. The lowest BCUT2D eigenvalue weighted by molar-refractivity contribution is -0.141. The first-order valence-corrected chi connectivity index (χ1v) is 8.12. The smallest absolute Gasteiger partial charge is 0.247 e. The maximum absolute atomic E-state index is 12.3. The Bertz CT molecular complexity index is 369. The van der Waals surface area contributed by atoms with Crippen molar-refractivity contribution in [3.05, 3.63) is 0 Å². The second-order valence-electron chi connectivity index (χ2n) is 6.66. The lowest BCUT2D eigenvalue weighted by Gasteiger charge is -2.28. The molecular formula is C16H28N2O2. The van der Waals surface area contributed by atoms with Gasteiger partial charge in [0.1, 0.15) is 0 Å². The van der Waals surface area contributed by atoms with E-state index in [-0.39, 0.29) is 23.9 Å². The quantitative estimate of drug-likeness (QED) is 0.786. The minimum Gasteiger partial charge on any atom is -0.305 e. The van der Waals surface area contributed by atoms with Gasteiger partial charge in [-0.2, -0.15) is 0 Å². The zero-order valence-corrected chi connectivity index (χ0v) is 13.0. The summed E-state index contributed by atoms with van der Waals surface area (Å²) in [6.45, 7) is 7.14. The summed E-state index contributed by atoms with van der Waals surface area (Å²) in [5.41, 5.74) is 0. The zero-order valence-electron chi connectivity index (χ0n) is 13.0. The Morgan fingerprint density at radius 3 is 2.75 bits per heavy atom. The van der Waals surface area contributed by atoms with Crippen LogP contribution in [0.3, 0.4) is 0 Å². The van der Waals surface area contributed by atoms with Crippen LogP contribution in [0.4, 0.5) is 0 Å². The van der Waals surface area contributed by atoms with Crippen LogP contribution < -0.4 is 5.32 Å². The molecule has 0 spiro atoms. The predicted octanol–water partition coefficient (Wildman–Crippen LogP) is 2.33. The molecule has 0 bridgehead atoms. The van der Waals surface area contributed by atoms with E-state index in [0.717, 1.165) is 18.9 Å². The molecule has 0 aromatic rings. The third kappa shape index (κ3) is 3.40. The molecule has 1 saturated heterocycles. The highest BCUT2D eigenvalue weighted by Crippen LogP contribution is 2.28. The van der Waals surface area contributed by atoms with Crippen LogP contribution in [0.5, 0.6) is 0 Å². The van der Waals surface area contributed by atoms with Gasteiger partial charge in [0.15, 0.2) is 0 Å². The van der Waals surface area contributed by atoms with Gasteiger partial charge in [0.25, 0.3) is 0 Å². The fourth-order valence-electron chi connectivity index (χ4n) is 3.51. The molecule has 0 radical (unpaired) electrons. The molecule has 2 aliphatic rings. The Morgan fingerprint density at radius 2 is 2.10 bits per heavy atom. The van der Waals surface area contributed by atoms with E-state index >= 15 is 0 Å². The van der Waals surface area contributed by atoms with Gasteiger partial charge >= 0.3 is 0 Å². The van der Waals surface area contributed by atoms with Gasteiger partial charge in [0.2, 0.25) is 11.8 Å². The second-order valence-corrected chi connectivity index (χ2v) is 6.66. The number of nitrogens with one attached hydrogen (secondary N) is 1. The average molecular weight is 280 g/mol. The van der Waals surface area contributed by atoms with Crippen molar-refractivity contribution in [2.24, 2.45) is 11.8 Å². The molecule has 0 aromatic carbocycles. The van der Waals surface area contributed by atoms with Gasteiger partial charge in [0.05, 0.1) is 12.5 Å². The predicted molar refractivity (Wildman–Crippen MR) is 79.1 cm³/mol. The van der Waals surface area contributed by atoms with Gasteiger partial charge in [0, 0.05) is 6.04 Å². The molecule has 4 heteroatoms. The molecule has 2 fully saturated rings. The molecule has 1 heterocycles. The molecule has 20 heavy (non-hydrogen) atoms. The lowest BCUT2D eigenvalue weighted by atomic mass is 9.82. The summed E-state index contributed by atoms with van der Waals surface area (Å²) in [7, 11) is 0. The number of carbonyl (C=O) groups excluding carboxylic acids is 2. The minimum atomic E-state index is -0.284. The Labute approximate surface area is 122 Å². The van der Waals surface area contributed by atoms with E-state index in [1.807, 2.05) is 13.8 Å². The van der Waals surface area contributed by atoms with E-state index in [0.29, 0.717) is 12.3 Å². The fourth-order valence-corrected chi connectivity index (χ4v) is 3.51. The van der Waals surface area contributed by atoms with Crippen molar-refractivity contribution in [2.75, 3.05) is 6.54 Å². The summed E-state index contributed by atoms with van der Waals surface area (Å²) in [4.78, 5) is 25.7. The van der Waals surface area contributed by atoms with Gasteiger partial charge < -0.3 is 5.32 Å². The summed E-state index contributed by atoms with van der Waals surface area (Å²) in [6.07, 6.45) is 6.29. The van der Waals surface area contributed by atoms with E-state index in [1.54, 1.807) is 0 Å². The number of nitrogens with zero attached hydrogens (tertiary/aromatic N) is 1. The van der Waals surface area contributed by atoms with E-state index in [2.05, 4.69) is 12.2 Å². The van der Waals surface area contributed by atoms with Crippen molar-refractivity contribution in [1.29, 1.82) is 0 Å². The van der Waals surface area contributed by atoms with Crippen LogP contribution in [0.15, 0.2) is 0 Å². The Hall–Kier alpha value is -0.900. The molecular weight excluding hydrogens is 252 g/mol. The molecule has 4 atom stereocenters. The zero-order chi connectivity index (χ0) is 14.7. The highest BCUT2D eigenvalue weighted by atomic mass is 16.2. The standard InChI is InChI=1S/C16H28N2O2/c1-4-12(3)18-15(19)9-14(16(18)20)17-10-13-7-5-6-11(2)8-13/h11-14,17H,4-10H2,1-3H3. The average Bonchev–Trinajstić information content (AvgIpc) is 2.70. The highest BCUT2D eigenvalue weighted by molar-refractivity contribution is 6.05. The fraction of sp³-hybridized carbons (Fsp3) is 0.875. The van der Waals surface area contributed by atoms with Crippen LogP contribution >= 0.6 is 0 Å². The van der Waals surface area contributed by atoms with Gasteiger partial charge in [-0.3, -0.25) is 14.5 Å². The molecule has 4 nitrogen and oxygen atoms in total. The first-order valence-electron chi connectivity index (χ1n) is 8.12. The Balaban J connectivity index is 1.85. The van der Waals surface area contributed by atoms with Crippen LogP contribution in [0.2, 0.25) is 0 Å². The Kier molecular flexibility index (Phi) is 5.19. The highest BCUT2D eigenvalue weighted by Gasteiger charge is 2.40. The molecule has 114 valence electrons. The third-order valence-electron chi connectivity index (χ3n) is 4.91. The van der Waals surface area contributed by atoms with Crippen molar-refractivity contribution in [3.8, 4) is 0 Å². The van der Waals surface area contributed by atoms with Gasteiger partial charge in [-0.05, 0) is 44.6 Å². The topological polar surface area (TPSA) is 49.4 Å². The monoisotopic (exact) mass is 280 g/mol. The van der Waals surface area contributed by atoms with Gasteiger partial charge in [-0.25, -0.2) is 0 Å². The number of hydrogen-bond acceptors (Lipinski definition) is 3. The lowest BCUT2D eigenvalue weighted by Crippen LogP contribution is -2.44. The Morgan fingerprint density at radius 1 is 1.35 bits per heavy atom. The van der Waals surface area contributed by atoms with Gasteiger partial charge in [-0.15, -0.1) is 0 Å². The van der Waals surface area contributed by atoms with Crippen LogP contribution in [0, 0.1) is 11.8 Å². The SMILES string of the molecule is CCC(C)N1C(=O)CC(NCC2CCCC(C)C2)C1=O. The summed E-state index contributed by atoms with van der Waals surface area (Å²) < 4.78 is 0. The maximum Gasteiger partial charge on any atom is 0.247 e. The molecule has 2 amide bonds. The van der Waals surface area contributed by atoms with Crippen LogP contribution in [0.25, 0.3) is 0 Å². The molecule has 1 aliphatic carbocycles. The van der Waals surface area contributed by atoms with Crippen molar-refractivity contribution in [1.82, 2.24) is 10.2 Å². The molecule has 2 rings (SSSR count). The van der Waals surface area contributed by atoms with E-state index in [9.17, 15) is 9.59 Å². The van der Waals surface area contributed by atoms with Crippen molar-refractivity contribution in [3.63, 3.8) is 0 Å². The minimum absolute atomic E-state index is 0.0149. The van der Waals surface area contributed by atoms with Crippen molar-refractivity contribution >= 4 is 11.8 Å². The van der Waals surface area contributed by atoms with Gasteiger partial charge in [-0.1, -0.05) is 26.7 Å². The van der Waals surface area contributed by atoms with E-state index < -0.39 is 0 Å². The molecule has 1 aliphatic heterocycles. The summed E-state index contributed by atoms with van der Waals surface area (Å²) in [5.74, 6) is 1.43. The number of amides is 2. The first kappa shape index (κ1) is 15.5. The number of hydrogen-bond donors (Lipinski definition) is 1. The van der Waals surface area contributed by atoms with Crippen LogP contribution in [0.1, 0.15) is 59.3 Å². The first-order chi connectivity index (χ1) is 9.52. The maximum atomic E-state index is 12.3. The number of carbonyl (C=O) groups is 2. The number of likely N-dealkylation sites (tertiary alicyclic amines) is 1. The summed E-state index contributed by atoms with van der Waals surface area (Å²) in [5, 5.41) is 3.35. The van der Waals surface area contributed by atoms with Crippen molar-refractivity contribution < 1.29 is 9.59 Å². The second kappa shape index (κ2) is 6.70. The van der Waals surface area contributed by atoms with E-state index in [4.69, 9.17) is 0 Å². The molecule has 1 saturated carbocycles. The largest absolute Gasteiger partial charge is 0.305 e. The summed E-state index contributed by atoms with van der Waals surface area (Å²) >= 11 is 0. The third-order valence-corrected chi connectivity index (χ3v) is 4.91.